The van der Waals surface area contributed by atoms with E-state index in [-0.39, 0.29) is 42.4 Å². The van der Waals surface area contributed by atoms with Gasteiger partial charge < -0.3 is 19.0 Å². The van der Waals surface area contributed by atoms with E-state index in [2.05, 4.69) is 4.90 Å². The van der Waals surface area contributed by atoms with Gasteiger partial charge >= 0.3 is 0 Å². The molecule has 0 bridgehead atoms. The summed E-state index contributed by atoms with van der Waals surface area (Å²) in [6.07, 6.45) is 6.34. The van der Waals surface area contributed by atoms with Crippen LogP contribution in [0.1, 0.15) is 42.7 Å². The lowest BCUT2D eigenvalue weighted by Crippen LogP contribution is -2.46. The van der Waals surface area contributed by atoms with Crippen LogP contribution in [0.3, 0.4) is 0 Å². The highest BCUT2D eigenvalue weighted by molar-refractivity contribution is 7.91. The third-order valence-corrected chi connectivity index (χ3v) is 8.31. The lowest BCUT2D eigenvalue weighted by Gasteiger charge is -2.41. The first-order valence-electron chi connectivity index (χ1n) is 10.9. The number of likely N-dealkylation sites (tertiary alicyclic amines) is 1. The van der Waals surface area contributed by atoms with Crippen LogP contribution in [0.5, 0.6) is 5.75 Å². The Bertz CT molecular complexity index is 1020. The van der Waals surface area contributed by atoms with Crippen LogP contribution in [0.15, 0.2) is 28.7 Å². The first kappa shape index (κ1) is 19.9. The highest BCUT2D eigenvalue weighted by Crippen LogP contribution is 2.30. The molecule has 162 valence electrons. The molecule has 1 amide bonds. The van der Waals surface area contributed by atoms with Crippen LogP contribution in [-0.4, -0.2) is 74.0 Å². The van der Waals surface area contributed by atoms with E-state index < -0.39 is 9.84 Å². The Hall–Kier alpha value is -2.06. The predicted octanol–water partition coefficient (Wildman–Crippen LogP) is 2.70. The van der Waals surface area contributed by atoms with Crippen molar-refractivity contribution in [2.75, 3.05) is 37.7 Å². The molecular formula is C22H28N2O5S. The third-order valence-electron chi connectivity index (χ3n) is 6.70. The van der Waals surface area contributed by atoms with Crippen LogP contribution in [-0.2, 0) is 9.84 Å². The zero-order valence-corrected chi connectivity index (χ0v) is 17.9. The number of hydrogen-bond acceptors (Lipinski definition) is 6. The van der Waals surface area contributed by atoms with Gasteiger partial charge in [0, 0.05) is 43.7 Å². The maximum atomic E-state index is 12.7. The largest absolute Gasteiger partial charge is 0.490 e. The van der Waals surface area contributed by atoms with Crippen molar-refractivity contribution in [3.8, 4) is 5.75 Å². The number of sulfone groups is 1. The van der Waals surface area contributed by atoms with Crippen LogP contribution in [0.2, 0.25) is 0 Å². The SMILES string of the molecule is O=C(c1cc2ccc(OC3CCN(C4CCC4)CC3)cc2o1)N1CCS(=O)(=O)CC1. The third kappa shape index (κ3) is 4.07. The van der Waals surface area contributed by atoms with Crippen molar-refractivity contribution in [1.82, 2.24) is 9.80 Å². The number of rotatable bonds is 4. The molecule has 30 heavy (non-hydrogen) atoms. The normalized spacial score (nSPS) is 23.4. The second-order valence-electron chi connectivity index (χ2n) is 8.69. The van der Waals surface area contributed by atoms with Gasteiger partial charge in [0.1, 0.15) is 17.4 Å². The van der Waals surface area contributed by atoms with E-state index in [9.17, 15) is 13.2 Å². The van der Waals surface area contributed by atoms with Crippen molar-refractivity contribution in [1.29, 1.82) is 0 Å². The molecule has 3 heterocycles. The summed E-state index contributed by atoms with van der Waals surface area (Å²) < 4.78 is 35.2. The molecule has 0 spiro atoms. The molecule has 5 rings (SSSR count). The molecule has 2 aliphatic heterocycles. The Morgan fingerprint density at radius 1 is 1.00 bits per heavy atom. The van der Waals surface area contributed by atoms with Crippen LogP contribution >= 0.6 is 0 Å². The molecule has 3 fully saturated rings. The number of carbonyl (C=O) groups excluding carboxylic acids is 1. The standard InChI is InChI=1S/C22H28N2O5S/c25-22(24-10-12-30(26,27)13-11-24)21-14-16-4-5-19(15-20(16)29-21)28-18-6-8-23(9-7-18)17-2-1-3-17/h4-5,14-15,17-18H,1-3,6-13H2. The monoisotopic (exact) mass is 432 g/mol. The van der Waals surface area contributed by atoms with Gasteiger partial charge in [0.05, 0.1) is 11.5 Å². The maximum Gasteiger partial charge on any atom is 0.289 e. The van der Waals surface area contributed by atoms with Gasteiger partial charge in [0.2, 0.25) is 0 Å². The van der Waals surface area contributed by atoms with Crippen molar-refractivity contribution < 1.29 is 22.4 Å². The fraction of sp³-hybridized carbons (Fsp3) is 0.591. The van der Waals surface area contributed by atoms with E-state index >= 15 is 0 Å². The molecular weight excluding hydrogens is 404 g/mol. The summed E-state index contributed by atoms with van der Waals surface area (Å²) in [5.41, 5.74) is 0.618. The minimum Gasteiger partial charge on any atom is -0.490 e. The topological polar surface area (TPSA) is 80.1 Å². The lowest BCUT2D eigenvalue weighted by atomic mass is 9.90. The summed E-state index contributed by atoms with van der Waals surface area (Å²) in [6.45, 7) is 2.63. The Kier molecular flexibility index (Phi) is 5.23. The molecule has 7 nitrogen and oxygen atoms in total. The van der Waals surface area contributed by atoms with Gasteiger partial charge in [0.15, 0.2) is 15.6 Å². The number of fused-ring (bicyclic) bond motifs is 1. The molecule has 0 atom stereocenters. The summed E-state index contributed by atoms with van der Waals surface area (Å²) >= 11 is 0. The second kappa shape index (κ2) is 7.89. The summed E-state index contributed by atoms with van der Waals surface area (Å²) in [5, 5.41) is 0.843. The number of piperidine rings is 1. The Labute approximate surface area is 176 Å². The van der Waals surface area contributed by atoms with Crippen LogP contribution in [0, 0.1) is 0 Å². The molecule has 1 aromatic carbocycles. The highest BCUT2D eigenvalue weighted by atomic mass is 32.2. The maximum absolute atomic E-state index is 12.7. The van der Waals surface area contributed by atoms with Gasteiger partial charge in [-0.15, -0.1) is 0 Å². The molecule has 8 heteroatoms. The Balaban J connectivity index is 1.22. The summed E-state index contributed by atoms with van der Waals surface area (Å²) in [7, 11) is -3.03. The van der Waals surface area contributed by atoms with Crippen molar-refractivity contribution in [2.24, 2.45) is 0 Å². The fourth-order valence-electron chi connectivity index (χ4n) is 4.56. The van der Waals surface area contributed by atoms with Gasteiger partial charge in [0.25, 0.3) is 5.91 Å². The van der Waals surface area contributed by atoms with Crippen LogP contribution < -0.4 is 4.74 Å². The number of carbonyl (C=O) groups is 1. The minimum absolute atomic E-state index is 0.0104. The van der Waals surface area contributed by atoms with E-state index in [1.807, 2.05) is 18.2 Å². The van der Waals surface area contributed by atoms with E-state index in [1.165, 1.54) is 19.3 Å². The summed E-state index contributed by atoms with van der Waals surface area (Å²) in [5.74, 6) is 0.775. The number of ether oxygens (including phenoxy) is 1. The van der Waals surface area contributed by atoms with Crippen molar-refractivity contribution in [2.45, 2.75) is 44.2 Å². The van der Waals surface area contributed by atoms with E-state index in [4.69, 9.17) is 9.15 Å². The molecule has 1 saturated carbocycles. The van der Waals surface area contributed by atoms with Crippen molar-refractivity contribution in [3.05, 3.63) is 30.0 Å². The fourth-order valence-corrected chi connectivity index (χ4v) is 5.77. The number of hydrogen-bond donors (Lipinski definition) is 0. The van der Waals surface area contributed by atoms with Gasteiger partial charge in [-0.25, -0.2) is 8.42 Å². The smallest absolute Gasteiger partial charge is 0.289 e. The number of nitrogens with zero attached hydrogens (tertiary/aromatic N) is 2. The molecule has 0 radical (unpaired) electrons. The predicted molar refractivity (Wildman–Crippen MR) is 114 cm³/mol. The van der Waals surface area contributed by atoms with Crippen LogP contribution in [0.25, 0.3) is 11.0 Å². The van der Waals surface area contributed by atoms with E-state index in [0.29, 0.717) is 5.58 Å². The van der Waals surface area contributed by atoms with Gasteiger partial charge in [-0.2, -0.15) is 0 Å². The van der Waals surface area contributed by atoms with Gasteiger partial charge in [-0.05, 0) is 43.9 Å². The molecule has 0 N–H and O–H groups in total. The minimum atomic E-state index is -3.03. The first-order chi connectivity index (χ1) is 14.5. The number of benzene rings is 1. The van der Waals surface area contributed by atoms with Gasteiger partial charge in [-0.1, -0.05) is 6.42 Å². The Morgan fingerprint density at radius 3 is 2.40 bits per heavy atom. The zero-order valence-electron chi connectivity index (χ0n) is 17.1. The summed E-state index contributed by atoms with van der Waals surface area (Å²) in [6, 6.07) is 8.21. The number of amides is 1. The van der Waals surface area contributed by atoms with Crippen LogP contribution in [0.4, 0.5) is 0 Å². The highest BCUT2D eigenvalue weighted by Gasteiger charge is 2.30. The number of furan rings is 1. The molecule has 1 aromatic heterocycles. The Morgan fingerprint density at radius 2 is 1.73 bits per heavy atom. The molecule has 0 unspecified atom stereocenters. The summed E-state index contributed by atoms with van der Waals surface area (Å²) in [4.78, 5) is 16.8. The van der Waals surface area contributed by atoms with Crippen molar-refractivity contribution in [3.63, 3.8) is 0 Å². The van der Waals surface area contributed by atoms with E-state index in [1.54, 1.807) is 11.0 Å². The second-order valence-corrected chi connectivity index (χ2v) is 11.0. The van der Waals surface area contributed by atoms with Gasteiger partial charge in [-0.3, -0.25) is 4.79 Å². The molecule has 1 aliphatic carbocycles. The average Bonchev–Trinajstić information content (AvgIpc) is 3.11. The lowest BCUT2D eigenvalue weighted by molar-refractivity contribution is 0.0493. The van der Waals surface area contributed by atoms with E-state index in [0.717, 1.165) is 43.1 Å². The quantitative estimate of drug-likeness (QED) is 0.739. The average molecular weight is 433 g/mol. The molecule has 2 aromatic rings. The first-order valence-corrected chi connectivity index (χ1v) is 12.7. The molecule has 2 saturated heterocycles. The van der Waals surface area contributed by atoms with Crippen molar-refractivity contribution >= 4 is 26.7 Å². The zero-order chi connectivity index (χ0) is 20.7. The molecule has 3 aliphatic rings.